The molecule has 182 valence electrons. The lowest BCUT2D eigenvalue weighted by Crippen LogP contribution is -2.24. The second-order valence-corrected chi connectivity index (χ2v) is 8.88. The molecule has 1 heterocycles. The van der Waals surface area contributed by atoms with Crippen LogP contribution < -0.4 is 15.7 Å². The van der Waals surface area contributed by atoms with E-state index in [0.29, 0.717) is 39.1 Å². The molecular formula is C27H23ClN4O3S. The first kappa shape index (κ1) is 25.2. The van der Waals surface area contributed by atoms with E-state index in [1.165, 1.54) is 10.8 Å². The summed E-state index contributed by atoms with van der Waals surface area (Å²) in [6, 6.07) is 23.8. The van der Waals surface area contributed by atoms with Gasteiger partial charge >= 0.3 is 0 Å². The molecule has 1 N–H and O–H groups in total. The number of carbonyl (C=O) groups is 1. The number of fused-ring (bicyclic) bond motifs is 1. The molecular weight excluding hydrogens is 496 g/mol. The summed E-state index contributed by atoms with van der Waals surface area (Å²) in [6.45, 7) is 2.45. The van der Waals surface area contributed by atoms with Crippen molar-refractivity contribution in [2.75, 3.05) is 12.4 Å². The molecule has 0 spiro atoms. The number of thioether (sulfide) groups is 1. The topological polar surface area (TPSA) is 85.6 Å². The molecule has 4 rings (SSSR count). The highest BCUT2D eigenvalue weighted by molar-refractivity contribution is 7.99. The van der Waals surface area contributed by atoms with Crippen molar-refractivity contribution >= 4 is 52.5 Å². The second-order valence-electron chi connectivity index (χ2n) is 7.50. The van der Waals surface area contributed by atoms with E-state index >= 15 is 0 Å². The zero-order valence-electron chi connectivity index (χ0n) is 19.4. The molecule has 0 radical (unpaired) electrons. The van der Waals surface area contributed by atoms with Crippen molar-refractivity contribution in [3.05, 3.63) is 99.8 Å². The van der Waals surface area contributed by atoms with E-state index in [-0.39, 0.29) is 17.2 Å². The number of allylic oxidation sites excluding steroid dienone is 1. The minimum absolute atomic E-state index is 0.000825. The van der Waals surface area contributed by atoms with Crippen molar-refractivity contribution in [2.24, 2.45) is 5.10 Å². The molecule has 1 aromatic heterocycles. The van der Waals surface area contributed by atoms with Crippen molar-refractivity contribution in [2.45, 2.75) is 12.1 Å². The summed E-state index contributed by atoms with van der Waals surface area (Å²) in [7, 11) is 0. The second kappa shape index (κ2) is 12.2. The molecule has 0 unspecified atom stereocenters. The third-order valence-corrected chi connectivity index (χ3v) is 6.11. The first-order chi connectivity index (χ1) is 17.5. The normalized spacial score (nSPS) is 11.7. The first-order valence-electron chi connectivity index (χ1n) is 11.2. The van der Waals surface area contributed by atoms with Gasteiger partial charge in [-0.15, -0.1) is 0 Å². The Morgan fingerprint density at radius 3 is 2.56 bits per heavy atom. The Morgan fingerprint density at radius 1 is 1.08 bits per heavy atom. The van der Waals surface area contributed by atoms with Crippen LogP contribution >= 0.6 is 23.4 Å². The van der Waals surface area contributed by atoms with Crippen molar-refractivity contribution in [1.82, 2.24) is 15.0 Å². The van der Waals surface area contributed by atoms with Crippen LogP contribution in [0.4, 0.5) is 0 Å². The molecule has 9 heteroatoms. The van der Waals surface area contributed by atoms with Gasteiger partial charge in [-0.2, -0.15) is 5.10 Å². The van der Waals surface area contributed by atoms with E-state index in [4.69, 9.17) is 16.3 Å². The maximum Gasteiger partial charge on any atom is 0.266 e. The van der Waals surface area contributed by atoms with Gasteiger partial charge in [0.05, 0.1) is 40.2 Å². The quantitative estimate of drug-likeness (QED) is 0.141. The zero-order chi connectivity index (χ0) is 25.3. The summed E-state index contributed by atoms with van der Waals surface area (Å²) in [4.78, 5) is 30.4. The van der Waals surface area contributed by atoms with E-state index in [9.17, 15) is 9.59 Å². The highest BCUT2D eigenvalue weighted by atomic mass is 35.5. The minimum Gasteiger partial charge on any atom is -0.494 e. The van der Waals surface area contributed by atoms with Gasteiger partial charge in [-0.1, -0.05) is 65.8 Å². The predicted octanol–water partition coefficient (Wildman–Crippen LogP) is 5.26. The van der Waals surface area contributed by atoms with Crippen molar-refractivity contribution in [1.29, 1.82) is 0 Å². The van der Waals surface area contributed by atoms with E-state index in [1.807, 2.05) is 43.3 Å². The molecule has 4 aromatic rings. The maximum atomic E-state index is 13.3. The minimum atomic E-state index is -0.360. The molecule has 3 aromatic carbocycles. The number of ether oxygens (including phenoxy) is 1. The summed E-state index contributed by atoms with van der Waals surface area (Å²) in [6.07, 6.45) is 3.10. The van der Waals surface area contributed by atoms with E-state index in [0.717, 1.165) is 17.3 Å². The van der Waals surface area contributed by atoms with Crippen LogP contribution in [0.25, 0.3) is 22.7 Å². The maximum absolute atomic E-state index is 13.3. The predicted molar refractivity (Wildman–Crippen MR) is 146 cm³/mol. The smallest absolute Gasteiger partial charge is 0.266 e. The van der Waals surface area contributed by atoms with Crippen LogP contribution in [0.3, 0.4) is 0 Å². The van der Waals surface area contributed by atoms with Crippen LogP contribution in [-0.2, 0) is 4.79 Å². The molecule has 0 aliphatic carbocycles. The Morgan fingerprint density at radius 2 is 1.81 bits per heavy atom. The van der Waals surface area contributed by atoms with E-state index < -0.39 is 0 Å². The molecule has 0 bridgehead atoms. The Balaban J connectivity index is 1.51. The number of rotatable bonds is 9. The third-order valence-electron chi connectivity index (χ3n) is 4.96. The Labute approximate surface area is 217 Å². The molecule has 0 aliphatic heterocycles. The molecule has 0 atom stereocenters. The average molecular weight is 519 g/mol. The lowest BCUT2D eigenvalue weighted by molar-refractivity contribution is -0.118. The highest BCUT2D eigenvalue weighted by Gasteiger charge is 2.15. The lowest BCUT2D eigenvalue weighted by Gasteiger charge is -2.13. The van der Waals surface area contributed by atoms with Gasteiger partial charge in [0.2, 0.25) is 0 Å². The SMILES string of the molecule is CCOc1ccc(-n2c(SCC(=O)NN=CC(Cl)=Cc3ccccc3)nc3ccccc3c2=O)cc1. The Kier molecular flexibility index (Phi) is 8.54. The zero-order valence-corrected chi connectivity index (χ0v) is 21.0. The number of para-hydroxylation sites is 1. The standard InChI is InChI=1S/C27H23ClN4O3S/c1-2-35-22-14-12-21(13-15-22)32-26(34)23-10-6-7-11-24(23)30-27(32)36-18-25(33)31-29-17-20(28)16-19-8-4-3-5-9-19/h3-17H,2,18H2,1H3,(H,31,33). The Hall–Kier alpha value is -3.88. The molecule has 1 amide bonds. The van der Waals surface area contributed by atoms with Crippen LogP contribution in [0.2, 0.25) is 0 Å². The van der Waals surface area contributed by atoms with Gasteiger partial charge in [0.15, 0.2) is 5.16 Å². The number of hydrazone groups is 1. The van der Waals surface area contributed by atoms with Crippen LogP contribution in [0.5, 0.6) is 5.75 Å². The van der Waals surface area contributed by atoms with Crippen molar-refractivity contribution < 1.29 is 9.53 Å². The van der Waals surface area contributed by atoms with Crippen LogP contribution in [0.15, 0.2) is 98.9 Å². The van der Waals surface area contributed by atoms with Crippen LogP contribution in [0, 0.1) is 0 Å². The van der Waals surface area contributed by atoms with Gasteiger partial charge in [0.25, 0.3) is 11.5 Å². The number of aromatic nitrogens is 2. The average Bonchev–Trinajstić information content (AvgIpc) is 2.89. The number of nitrogens with zero attached hydrogens (tertiary/aromatic N) is 3. The Bertz CT molecular complexity index is 1470. The van der Waals surface area contributed by atoms with Crippen molar-refractivity contribution in [3.8, 4) is 11.4 Å². The lowest BCUT2D eigenvalue weighted by atomic mass is 10.2. The number of nitrogens with one attached hydrogen (secondary N) is 1. The number of amides is 1. The van der Waals surface area contributed by atoms with Crippen LogP contribution in [0.1, 0.15) is 12.5 Å². The number of hydrogen-bond acceptors (Lipinski definition) is 6. The summed E-state index contributed by atoms with van der Waals surface area (Å²) >= 11 is 7.30. The molecule has 0 aliphatic rings. The van der Waals surface area contributed by atoms with Gasteiger partial charge in [-0.25, -0.2) is 10.4 Å². The fourth-order valence-corrected chi connectivity index (χ4v) is 4.35. The molecule has 0 saturated carbocycles. The molecule has 7 nitrogen and oxygen atoms in total. The number of benzene rings is 3. The van der Waals surface area contributed by atoms with Gasteiger partial charge in [0.1, 0.15) is 5.75 Å². The molecule has 36 heavy (non-hydrogen) atoms. The van der Waals surface area contributed by atoms with Gasteiger partial charge in [-0.3, -0.25) is 14.2 Å². The number of hydrogen-bond donors (Lipinski definition) is 1. The van der Waals surface area contributed by atoms with Gasteiger partial charge in [0, 0.05) is 0 Å². The summed E-state index contributed by atoms with van der Waals surface area (Å²) < 4.78 is 7.00. The fraction of sp³-hybridized carbons (Fsp3) is 0.111. The summed E-state index contributed by atoms with van der Waals surface area (Å²) in [5.74, 6) is 0.342. The molecule has 0 saturated heterocycles. The number of halogens is 1. The highest BCUT2D eigenvalue weighted by Crippen LogP contribution is 2.23. The molecule has 0 fully saturated rings. The summed E-state index contributed by atoms with van der Waals surface area (Å²) in [5.41, 5.74) is 4.34. The first-order valence-corrected chi connectivity index (χ1v) is 12.5. The third kappa shape index (κ3) is 6.41. The van der Waals surface area contributed by atoms with Gasteiger partial charge in [-0.05, 0) is 55.0 Å². The summed E-state index contributed by atoms with van der Waals surface area (Å²) in [5, 5.41) is 5.17. The van der Waals surface area contributed by atoms with Crippen molar-refractivity contribution in [3.63, 3.8) is 0 Å². The van der Waals surface area contributed by atoms with Crippen LogP contribution in [-0.4, -0.2) is 34.0 Å². The number of carbonyl (C=O) groups excluding carboxylic acids is 1. The fourth-order valence-electron chi connectivity index (χ4n) is 3.37. The van der Waals surface area contributed by atoms with Gasteiger partial charge < -0.3 is 4.74 Å². The van der Waals surface area contributed by atoms with E-state index in [1.54, 1.807) is 48.5 Å². The largest absolute Gasteiger partial charge is 0.494 e. The monoisotopic (exact) mass is 518 g/mol. The van der Waals surface area contributed by atoms with E-state index in [2.05, 4.69) is 15.5 Å².